The highest BCUT2D eigenvalue weighted by atomic mass is 32.2. The Labute approximate surface area is 110 Å². The van der Waals surface area contributed by atoms with Gasteiger partial charge < -0.3 is 5.73 Å². The van der Waals surface area contributed by atoms with E-state index < -0.39 is 14.8 Å². The Morgan fingerprint density at radius 3 is 2.17 bits per heavy atom. The summed E-state index contributed by atoms with van der Waals surface area (Å²) in [6.07, 6.45) is 0.643. The van der Waals surface area contributed by atoms with Crippen molar-refractivity contribution in [2.24, 2.45) is 5.73 Å². The number of hydrogen-bond acceptors (Lipinski definition) is 3. The van der Waals surface area contributed by atoms with Crippen LogP contribution < -0.4 is 10.0 Å². The molecule has 4 nitrogen and oxygen atoms in total. The van der Waals surface area contributed by atoms with Gasteiger partial charge in [-0.2, -0.15) is 0 Å². The van der Waals surface area contributed by atoms with E-state index >= 15 is 0 Å². The summed E-state index contributed by atoms with van der Waals surface area (Å²) >= 11 is 0. The molecule has 0 bridgehead atoms. The fourth-order valence-electron chi connectivity index (χ4n) is 1.55. The van der Waals surface area contributed by atoms with E-state index in [0.717, 1.165) is 0 Å². The summed E-state index contributed by atoms with van der Waals surface area (Å²) in [6, 6.07) is 9.15. The van der Waals surface area contributed by atoms with Gasteiger partial charge in [0.2, 0.25) is 10.0 Å². The maximum atomic E-state index is 12.5. The van der Waals surface area contributed by atoms with Crippen molar-refractivity contribution in [1.82, 2.24) is 0 Å². The van der Waals surface area contributed by atoms with Crippen molar-refractivity contribution in [3.05, 3.63) is 30.3 Å². The van der Waals surface area contributed by atoms with E-state index in [1.807, 2.05) is 18.2 Å². The minimum atomic E-state index is -3.39. The van der Waals surface area contributed by atoms with Crippen LogP contribution in [0.1, 0.15) is 27.2 Å². The van der Waals surface area contributed by atoms with Crippen molar-refractivity contribution in [3.63, 3.8) is 0 Å². The lowest BCUT2D eigenvalue weighted by Crippen LogP contribution is -2.44. The van der Waals surface area contributed by atoms with Gasteiger partial charge in [-0.25, -0.2) is 8.42 Å². The van der Waals surface area contributed by atoms with E-state index in [9.17, 15) is 8.42 Å². The fraction of sp³-hybridized carbons (Fsp3) is 0.538. The van der Waals surface area contributed by atoms with Gasteiger partial charge in [0.1, 0.15) is 0 Å². The predicted molar refractivity (Wildman–Crippen MR) is 76.1 cm³/mol. The molecule has 0 heterocycles. The summed E-state index contributed by atoms with van der Waals surface area (Å²) < 4.78 is 25.7. The largest absolute Gasteiger partial charge is 0.330 e. The lowest BCUT2D eigenvalue weighted by Gasteiger charge is -2.31. The SMILES string of the molecule is CC(C)(C)S(=O)(=O)N(CCCN)c1ccccc1. The third-order valence-electron chi connectivity index (χ3n) is 2.67. The first-order valence-corrected chi connectivity index (χ1v) is 7.52. The van der Waals surface area contributed by atoms with Crippen molar-refractivity contribution >= 4 is 15.7 Å². The highest BCUT2D eigenvalue weighted by molar-refractivity contribution is 7.94. The Bertz CT molecular complexity index is 464. The minimum absolute atomic E-state index is 0.417. The number of rotatable bonds is 5. The zero-order valence-corrected chi connectivity index (χ0v) is 12.1. The predicted octanol–water partition coefficient (Wildman–Crippen LogP) is 1.97. The molecule has 1 aromatic carbocycles. The van der Waals surface area contributed by atoms with E-state index in [0.29, 0.717) is 25.2 Å². The topological polar surface area (TPSA) is 63.4 Å². The number of anilines is 1. The van der Waals surface area contributed by atoms with Crippen LogP contribution in [0.5, 0.6) is 0 Å². The Hall–Kier alpha value is -1.07. The maximum absolute atomic E-state index is 12.5. The van der Waals surface area contributed by atoms with E-state index in [-0.39, 0.29) is 0 Å². The number of sulfonamides is 1. The van der Waals surface area contributed by atoms with Gasteiger partial charge in [0.25, 0.3) is 0 Å². The zero-order valence-electron chi connectivity index (χ0n) is 11.3. The van der Waals surface area contributed by atoms with Gasteiger partial charge in [-0.1, -0.05) is 18.2 Å². The minimum Gasteiger partial charge on any atom is -0.330 e. The summed E-state index contributed by atoms with van der Waals surface area (Å²) in [7, 11) is -3.39. The lowest BCUT2D eigenvalue weighted by atomic mass is 10.3. The molecule has 0 saturated carbocycles. The van der Waals surface area contributed by atoms with Crippen molar-refractivity contribution in [2.75, 3.05) is 17.4 Å². The van der Waals surface area contributed by atoms with Crippen LogP contribution in [0.2, 0.25) is 0 Å². The van der Waals surface area contributed by atoms with Gasteiger partial charge in [0.15, 0.2) is 0 Å². The standard InChI is InChI=1S/C13H22N2O2S/c1-13(2,3)18(16,17)15(11-7-10-14)12-8-5-4-6-9-12/h4-6,8-9H,7,10-11,14H2,1-3H3. The molecule has 0 spiro atoms. The summed E-state index contributed by atoms with van der Waals surface area (Å²) in [5.74, 6) is 0. The van der Waals surface area contributed by atoms with E-state index in [2.05, 4.69) is 0 Å². The Morgan fingerprint density at radius 2 is 1.72 bits per heavy atom. The molecule has 1 aromatic rings. The lowest BCUT2D eigenvalue weighted by molar-refractivity contribution is 0.553. The molecule has 0 unspecified atom stereocenters. The van der Waals surface area contributed by atoms with Crippen LogP contribution in [0.25, 0.3) is 0 Å². The molecule has 0 atom stereocenters. The van der Waals surface area contributed by atoms with Gasteiger partial charge >= 0.3 is 0 Å². The molecule has 0 fully saturated rings. The third kappa shape index (κ3) is 3.23. The number of nitrogens with zero attached hydrogens (tertiary/aromatic N) is 1. The average molecular weight is 270 g/mol. The highest BCUT2D eigenvalue weighted by Gasteiger charge is 2.35. The van der Waals surface area contributed by atoms with Crippen LogP contribution in [0.3, 0.4) is 0 Å². The molecule has 0 aliphatic carbocycles. The molecule has 0 aliphatic heterocycles. The van der Waals surface area contributed by atoms with Gasteiger partial charge in [-0.3, -0.25) is 4.31 Å². The molecule has 102 valence electrons. The number of benzene rings is 1. The van der Waals surface area contributed by atoms with Crippen molar-refractivity contribution in [3.8, 4) is 0 Å². The second kappa shape index (κ2) is 5.71. The van der Waals surface area contributed by atoms with Crippen LogP contribution in [0.4, 0.5) is 5.69 Å². The van der Waals surface area contributed by atoms with Gasteiger partial charge in [-0.05, 0) is 45.9 Å². The molecule has 1 rings (SSSR count). The second-order valence-corrected chi connectivity index (χ2v) is 7.78. The third-order valence-corrected chi connectivity index (χ3v) is 5.19. The summed E-state index contributed by atoms with van der Waals surface area (Å²) in [6.45, 7) is 6.02. The molecule has 0 amide bonds. The van der Waals surface area contributed by atoms with Gasteiger partial charge in [0, 0.05) is 6.54 Å². The zero-order chi connectivity index (χ0) is 13.8. The molecule has 0 radical (unpaired) electrons. The molecule has 2 N–H and O–H groups in total. The summed E-state index contributed by atoms with van der Waals surface area (Å²) in [5, 5.41) is 0. The Morgan fingerprint density at radius 1 is 1.17 bits per heavy atom. The molecule has 0 aromatic heterocycles. The van der Waals surface area contributed by atoms with Crippen molar-refractivity contribution in [2.45, 2.75) is 31.9 Å². The van der Waals surface area contributed by atoms with Crippen molar-refractivity contribution in [1.29, 1.82) is 0 Å². The van der Waals surface area contributed by atoms with Crippen LogP contribution in [-0.4, -0.2) is 26.3 Å². The number of para-hydroxylation sites is 1. The van der Waals surface area contributed by atoms with Gasteiger partial charge in [0.05, 0.1) is 10.4 Å². The molecule has 0 saturated heterocycles. The quantitative estimate of drug-likeness (QED) is 0.889. The van der Waals surface area contributed by atoms with E-state index in [1.54, 1.807) is 32.9 Å². The number of nitrogens with two attached hydrogens (primary N) is 1. The molecule has 18 heavy (non-hydrogen) atoms. The molecular formula is C13H22N2O2S. The maximum Gasteiger partial charge on any atom is 0.240 e. The smallest absolute Gasteiger partial charge is 0.240 e. The first-order chi connectivity index (χ1) is 8.30. The monoisotopic (exact) mass is 270 g/mol. The number of hydrogen-bond donors (Lipinski definition) is 1. The summed E-state index contributed by atoms with van der Waals surface area (Å²) in [4.78, 5) is 0. The van der Waals surface area contributed by atoms with Crippen molar-refractivity contribution < 1.29 is 8.42 Å². The first kappa shape index (κ1) is 15.0. The Balaban J connectivity index is 3.15. The normalized spacial score (nSPS) is 12.4. The molecular weight excluding hydrogens is 248 g/mol. The van der Waals surface area contributed by atoms with Crippen LogP contribution in [-0.2, 0) is 10.0 Å². The Kier molecular flexibility index (Phi) is 4.76. The van der Waals surface area contributed by atoms with Crippen LogP contribution in [0, 0.1) is 0 Å². The fourth-order valence-corrected chi connectivity index (χ4v) is 2.98. The second-order valence-electron chi connectivity index (χ2n) is 5.17. The molecule has 0 aliphatic rings. The molecule has 5 heteroatoms. The first-order valence-electron chi connectivity index (χ1n) is 6.08. The van der Waals surface area contributed by atoms with Gasteiger partial charge in [-0.15, -0.1) is 0 Å². The average Bonchev–Trinajstić information content (AvgIpc) is 2.29. The highest BCUT2D eigenvalue weighted by Crippen LogP contribution is 2.26. The van der Waals surface area contributed by atoms with Crippen LogP contribution >= 0.6 is 0 Å². The summed E-state index contributed by atoms with van der Waals surface area (Å²) in [5.41, 5.74) is 6.18. The van der Waals surface area contributed by atoms with E-state index in [4.69, 9.17) is 5.73 Å². The van der Waals surface area contributed by atoms with Crippen LogP contribution in [0.15, 0.2) is 30.3 Å². The van der Waals surface area contributed by atoms with E-state index in [1.165, 1.54) is 4.31 Å².